The number of hydrogen-bond donors (Lipinski definition) is 1. The van der Waals surface area contributed by atoms with Crippen LogP contribution in [0.3, 0.4) is 0 Å². The number of rotatable bonds is 8. The van der Waals surface area contributed by atoms with Crippen molar-refractivity contribution in [2.75, 3.05) is 13.7 Å². The van der Waals surface area contributed by atoms with E-state index in [2.05, 4.69) is 4.98 Å². The van der Waals surface area contributed by atoms with Crippen molar-refractivity contribution in [1.82, 2.24) is 9.88 Å². The molecule has 1 aromatic heterocycles. The number of Topliss-reactive ketones (excluding diaryl/α,β-unsaturated/α-hetero) is 1. The van der Waals surface area contributed by atoms with Gasteiger partial charge in [0.25, 0.3) is 11.7 Å². The Kier molecular flexibility index (Phi) is 7.60. The van der Waals surface area contributed by atoms with Gasteiger partial charge in [0.1, 0.15) is 17.3 Å². The summed E-state index contributed by atoms with van der Waals surface area (Å²) in [6.07, 6.45) is 3.24. The summed E-state index contributed by atoms with van der Waals surface area (Å²) in [5.41, 5.74) is 1.58. The first-order valence-electron chi connectivity index (χ1n) is 11.5. The second kappa shape index (κ2) is 10.8. The predicted octanol–water partition coefficient (Wildman–Crippen LogP) is 5.40. The van der Waals surface area contributed by atoms with Crippen LogP contribution in [-0.2, 0) is 16.1 Å². The number of pyridine rings is 1. The molecule has 36 heavy (non-hydrogen) atoms. The molecule has 1 saturated heterocycles. The number of nitrogens with zero attached hydrogens (tertiary/aromatic N) is 2. The third-order valence-corrected chi connectivity index (χ3v) is 6.16. The summed E-state index contributed by atoms with van der Waals surface area (Å²) < 4.78 is 11.2. The topological polar surface area (TPSA) is 89.0 Å². The average Bonchev–Trinajstić information content (AvgIpc) is 3.13. The molecule has 2 heterocycles. The molecule has 3 aromatic rings. The molecule has 1 fully saturated rings. The van der Waals surface area contributed by atoms with E-state index < -0.39 is 17.7 Å². The van der Waals surface area contributed by atoms with Crippen LogP contribution in [0.25, 0.3) is 5.76 Å². The zero-order valence-corrected chi connectivity index (χ0v) is 21.0. The van der Waals surface area contributed by atoms with Crippen molar-refractivity contribution in [1.29, 1.82) is 0 Å². The van der Waals surface area contributed by atoms with Gasteiger partial charge in [-0.25, -0.2) is 0 Å². The molecule has 7 nitrogen and oxygen atoms in total. The molecule has 0 saturated carbocycles. The van der Waals surface area contributed by atoms with Crippen LogP contribution >= 0.6 is 11.6 Å². The fourth-order valence-corrected chi connectivity index (χ4v) is 4.28. The van der Waals surface area contributed by atoms with Gasteiger partial charge in [0.15, 0.2) is 0 Å². The summed E-state index contributed by atoms with van der Waals surface area (Å²) in [5.74, 6) is -0.498. The highest BCUT2D eigenvalue weighted by Gasteiger charge is 2.46. The van der Waals surface area contributed by atoms with Crippen molar-refractivity contribution >= 4 is 29.1 Å². The lowest BCUT2D eigenvalue weighted by Gasteiger charge is -2.26. The lowest BCUT2D eigenvalue weighted by Crippen LogP contribution is -2.29. The number of hydrogen-bond acceptors (Lipinski definition) is 6. The summed E-state index contributed by atoms with van der Waals surface area (Å²) in [5, 5.41) is 11.6. The van der Waals surface area contributed by atoms with Gasteiger partial charge in [0, 0.05) is 24.5 Å². The minimum Gasteiger partial charge on any atom is -0.507 e. The van der Waals surface area contributed by atoms with Crippen LogP contribution in [0.5, 0.6) is 11.5 Å². The standard InChI is InChI=1S/C28H27ClN2O5/c1-17(2)16-36-21-6-4-5-19(13-21)25-24(26(32)22-14-20(35-3)7-8-23(22)29)27(33)28(34)31(25)15-18-9-11-30-12-10-18/h4-14,17,25,32H,15-16H2,1-3H3/b26-24+. The Hall–Kier alpha value is -3.84. The molecule has 1 aliphatic rings. The number of aliphatic hydroxyl groups is 1. The van der Waals surface area contributed by atoms with Gasteiger partial charge in [-0.05, 0) is 59.5 Å². The van der Waals surface area contributed by atoms with Gasteiger partial charge < -0.3 is 19.5 Å². The molecule has 1 amide bonds. The molecular weight excluding hydrogens is 480 g/mol. The molecule has 0 radical (unpaired) electrons. The minimum atomic E-state index is -0.858. The summed E-state index contributed by atoms with van der Waals surface area (Å²) >= 11 is 6.38. The van der Waals surface area contributed by atoms with Gasteiger partial charge in [-0.15, -0.1) is 0 Å². The predicted molar refractivity (Wildman–Crippen MR) is 137 cm³/mol. The fourth-order valence-electron chi connectivity index (χ4n) is 4.07. The van der Waals surface area contributed by atoms with Crippen molar-refractivity contribution in [3.8, 4) is 11.5 Å². The molecule has 8 heteroatoms. The second-order valence-corrected chi connectivity index (χ2v) is 9.31. The highest BCUT2D eigenvalue weighted by atomic mass is 35.5. The number of likely N-dealkylation sites (tertiary alicyclic amines) is 1. The number of aromatic nitrogens is 1. The van der Waals surface area contributed by atoms with Crippen LogP contribution in [0.1, 0.15) is 36.6 Å². The fraction of sp³-hybridized carbons (Fsp3) is 0.250. The molecule has 1 unspecified atom stereocenters. The third-order valence-electron chi connectivity index (χ3n) is 5.83. The first-order valence-corrected chi connectivity index (χ1v) is 11.9. The van der Waals surface area contributed by atoms with E-state index in [0.29, 0.717) is 29.6 Å². The Morgan fingerprint density at radius 3 is 2.53 bits per heavy atom. The van der Waals surface area contributed by atoms with Crippen LogP contribution in [-0.4, -0.2) is 40.4 Å². The first kappa shape index (κ1) is 25.3. The highest BCUT2D eigenvalue weighted by Crippen LogP contribution is 2.42. The quantitative estimate of drug-likeness (QED) is 0.250. The normalized spacial score (nSPS) is 17.0. The van der Waals surface area contributed by atoms with Crippen molar-refractivity contribution < 1.29 is 24.2 Å². The van der Waals surface area contributed by atoms with Gasteiger partial charge in [0.05, 0.1) is 30.4 Å². The number of ketones is 1. The van der Waals surface area contributed by atoms with Gasteiger partial charge in [-0.2, -0.15) is 0 Å². The largest absolute Gasteiger partial charge is 0.507 e. The zero-order chi connectivity index (χ0) is 25.8. The van der Waals surface area contributed by atoms with E-state index in [1.165, 1.54) is 18.1 Å². The lowest BCUT2D eigenvalue weighted by molar-refractivity contribution is -0.140. The second-order valence-electron chi connectivity index (χ2n) is 8.91. The maximum Gasteiger partial charge on any atom is 0.295 e. The number of amides is 1. The van der Waals surface area contributed by atoms with Crippen LogP contribution in [0.4, 0.5) is 0 Å². The van der Waals surface area contributed by atoms with E-state index in [-0.39, 0.29) is 28.5 Å². The number of carbonyl (C=O) groups excluding carboxylic acids is 2. The molecule has 1 N–H and O–H groups in total. The van der Waals surface area contributed by atoms with Gasteiger partial charge in [-0.3, -0.25) is 14.6 Å². The van der Waals surface area contributed by atoms with Gasteiger partial charge in [0.2, 0.25) is 0 Å². The monoisotopic (exact) mass is 506 g/mol. The van der Waals surface area contributed by atoms with E-state index in [1.54, 1.807) is 54.9 Å². The Labute approximate surface area is 214 Å². The SMILES string of the molecule is COc1ccc(Cl)c(/C(O)=C2\C(=O)C(=O)N(Cc3ccncc3)C2c2cccc(OCC(C)C)c2)c1. The summed E-state index contributed by atoms with van der Waals surface area (Å²) in [7, 11) is 1.49. The molecule has 0 aliphatic carbocycles. The van der Waals surface area contributed by atoms with Crippen LogP contribution in [0, 0.1) is 5.92 Å². The number of carbonyl (C=O) groups is 2. The Bertz CT molecular complexity index is 1310. The lowest BCUT2D eigenvalue weighted by atomic mass is 9.95. The number of halogens is 1. The van der Waals surface area contributed by atoms with Gasteiger partial charge in [-0.1, -0.05) is 37.6 Å². The molecule has 186 valence electrons. The van der Waals surface area contributed by atoms with E-state index in [9.17, 15) is 14.7 Å². The van der Waals surface area contributed by atoms with Crippen molar-refractivity contribution in [2.24, 2.45) is 5.92 Å². The van der Waals surface area contributed by atoms with E-state index in [1.807, 2.05) is 19.9 Å². The number of aliphatic hydroxyl groups excluding tert-OH is 1. The number of methoxy groups -OCH3 is 1. The minimum absolute atomic E-state index is 0.0507. The van der Waals surface area contributed by atoms with Crippen LogP contribution in [0.15, 0.2) is 72.6 Å². The molecule has 0 spiro atoms. The molecular formula is C28H27ClN2O5. The molecule has 0 bridgehead atoms. The molecule has 2 aromatic carbocycles. The zero-order valence-electron chi connectivity index (χ0n) is 20.3. The van der Waals surface area contributed by atoms with Crippen molar-refractivity contribution in [3.63, 3.8) is 0 Å². The summed E-state index contributed by atoms with van der Waals surface area (Å²) in [4.78, 5) is 32.1. The summed E-state index contributed by atoms with van der Waals surface area (Å²) in [6.45, 7) is 4.76. The molecule has 4 rings (SSSR count). The maximum absolute atomic E-state index is 13.3. The molecule has 1 atom stereocenters. The number of ether oxygens (including phenoxy) is 2. The Morgan fingerprint density at radius 1 is 1.08 bits per heavy atom. The van der Waals surface area contributed by atoms with Crippen LogP contribution < -0.4 is 9.47 Å². The first-order chi connectivity index (χ1) is 17.3. The molecule has 1 aliphatic heterocycles. The Morgan fingerprint density at radius 2 is 1.83 bits per heavy atom. The number of benzene rings is 2. The highest BCUT2D eigenvalue weighted by molar-refractivity contribution is 6.47. The third kappa shape index (κ3) is 5.21. The van der Waals surface area contributed by atoms with Gasteiger partial charge >= 0.3 is 0 Å². The Balaban J connectivity index is 1.86. The van der Waals surface area contributed by atoms with Crippen molar-refractivity contribution in [2.45, 2.75) is 26.4 Å². The van der Waals surface area contributed by atoms with Crippen LogP contribution in [0.2, 0.25) is 5.02 Å². The van der Waals surface area contributed by atoms with E-state index >= 15 is 0 Å². The smallest absolute Gasteiger partial charge is 0.295 e. The average molecular weight is 507 g/mol. The van der Waals surface area contributed by atoms with E-state index in [0.717, 1.165) is 5.56 Å². The van der Waals surface area contributed by atoms with E-state index in [4.69, 9.17) is 21.1 Å². The maximum atomic E-state index is 13.3. The van der Waals surface area contributed by atoms with Crippen molar-refractivity contribution in [3.05, 3.63) is 94.3 Å². The summed E-state index contributed by atoms with van der Waals surface area (Å²) in [6, 6.07) is 14.7.